The highest BCUT2D eigenvalue weighted by Gasteiger charge is 2.14. The van der Waals surface area contributed by atoms with Gasteiger partial charge in [0, 0.05) is 24.3 Å². The van der Waals surface area contributed by atoms with E-state index in [4.69, 9.17) is 4.74 Å². The first-order chi connectivity index (χ1) is 11.8. The van der Waals surface area contributed by atoms with Crippen LogP contribution >= 0.6 is 11.3 Å². The molecule has 0 saturated carbocycles. The lowest BCUT2D eigenvalue weighted by molar-refractivity contribution is 0.0946. The fourth-order valence-electron chi connectivity index (χ4n) is 2.20. The standard InChI is InChI=1S/C18H17N3O2S/c1-2-23-16-8-4-3-7-14(16)18-21-15(12-24-18)17(22)20-11-13-6-5-9-19-10-13/h3-10,12H,2,11H2,1H3,(H,20,22). The summed E-state index contributed by atoms with van der Waals surface area (Å²) in [6.45, 7) is 2.95. The summed E-state index contributed by atoms with van der Waals surface area (Å²) in [6.07, 6.45) is 3.43. The first kappa shape index (κ1) is 16.1. The van der Waals surface area contributed by atoms with Gasteiger partial charge in [0.25, 0.3) is 5.91 Å². The van der Waals surface area contributed by atoms with Gasteiger partial charge in [0.15, 0.2) is 0 Å². The molecule has 0 bridgehead atoms. The molecule has 2 aromatic heterocycles. The van der Waals surface area contributed by atoms with Crippen LogP contribution in [0.3, 0.4) is 0 Å². The van der Waals surface area contributed by atoms with Crippen molar-refractivity contribution < 1.29 is 9.53 Å². The molecule has 0 radical (unpaired) electrons. The van der Waals surface area contributed by atoms with E-state index in [1.54, 1.807) is 17.8 Å². The summed E-state index contributed by atoms with van der Waals surface area (Å²) in [5.41, 5.74) is 2.25. The number of thiazole rings is 1. The molecular formula is C18H17N3O2S. The van der Waals surface area contributed by atoms with Crippen LogP contribution < -0.4 is 10.1 Å². The van der Waals surface area contributed by atoms with Crippen molar-refractivity contribution in [1.29, 1.82) is 0 Å². The molecule has 122 valence electrons. The van der Waals surface area contributed by atoms with E-state index in [0.717, 1.165) is 21.9 Å². The summed E-state index contributed by atoms with van der Waals surface area (Å²) < 4.78 is 5.63. The van der Waals surface area contributed by atoms with Gasteiger partial charge in [-0.05, 0) is 30.7 Å². The van der Waals surface area contributed by atoms with E-state index in [1.165, 1.54) is 11.3 Å². The number of benzene rings is 1. The third-order valence-corrected chi connectivity index (χ3v) is 4.21. The predicted octanol–water partition coefficient (Wildman–Crippen LogP) is 3.53. The van der Waals surface area contributed by atoms with Crippen molar-refractivity contribution in [2.24, 2.45) is 0 Å². The molecule has 24 heavy (non-hydrogen) atoms. The van der Waals surface area contributed by atoms with Gasteiger partial charge in [0.05, 0.1) is 12.2 Å². The molecule has 1 amide bonds. The Morgan fingerprint density at radius 2 is 2.12 bits per heavy atom. The molecule has 0 aliphatic heterocycles. The first-order valence-electron chi connectivity index (χ1n) is 7.62. The topological polar surface area (TPSA) is 64.1 Å². The Kier molecular flexibility index (Phi) is 5.18. The number of nitrogens with zero attached hydrogens (tertiary/aromatic N) is 2. The second kappa shape index (κ2) is 7.70. The Labute approximate surface area is 144 Å². The molecule has 2 heterocycles. The molecule has 0 aliphatic rings. The molecular weight excluding hydrogens is 322 g/mol. The first-order valence-corrected chi connectivity index (χ1v) is 8.50. The Bertz CT molecular complexity index is 818. The summed E-state index contributed by atoms with van der Waals surface area (Å²) in [7, 11) is 0. The van der Waals surface area contributed by atoms with E-state index in [1.807, 2.05) is 43.3 Å². The van der Waals surface area contributed by atoms with Crippen molar-refractivity contribution in [2.75, 3.05) is 6.61 Å². The third kappa shape index (κ3) is 3.78. The number of nitrogens with one attached hydrogen (secondary N) is 1. The van der Waals surface area contributed by atoms with Crippen LogP contribution in [0.2, 0.25) is 0 Å². The number of para-hydroxylation sites is 1. The molecule has 5 nitrogen and oxygen atoms in total. The van der Waals surface area contributed by atoms with Gasteiger partial charge in [0.1, 0.15) is 16.5 Å². The maximum absolute atomic E-state index is 12.3. The largest absolute Gasteiger partial charge is 0.493 e. The van der Waals surface area contributed by atoms with Crippen LogP contribution in [-0.4, -0.2) is 22.5 Å². The Morgan fingerprint density at radius 3 is 2.92 bits per heavy atom. The molecule has 1 N–H and O–H groups in total. The maximum Gasteiger partial charge on any atom is 0.271 e. The molecule has 0 spiro atoms. The van der Waals surface area contributed by atoms with Gasteiger partial charge in [-0.3, -0.25) is 9.78 Å². The minimum absolute atomic E-state index is 0.199. The zero-order valence-electron chi connectivity index (χ0n) is 13.2. The Hall–Kier alpha value is -2.73. The number of rotatable bonds is 6. The SMILES string of the molecule is CCOc1ccccc1-c1nc(C(=O)NCc2cccnc2)cs1. The van der Waals surface area contributed by atoms with Crippen LogP contribution in [0.4, 0.5) is 0 Å². The lowest BCUT2D eigenvalue weighted by Gasteiger charge is -2.07. The average Bonchev–Trinajstić information content (AvgIpc) is 3.11. The van der Waals surface area contributed by atoms with Crippen molar-refractivity contribution in [2.45, 2.75) is 13.5 Å². The molecule has 0 saturated heterocycles. The fraction of sp³-hybridized carbons (Fsp3) is 0.167. The van der Waals surface area contributed by atoms with E-state index in [0.29, 0.717) is 18.8 Å². The van der Waals surface area contributed by atoms with Gasteiger partial charge < -0.3 is 10.1 Å². The van der Waals surface area contributed by atoms with Gasteiger partial charge in [-0.1, -0.05) is 18.2 Å². The number of carbonyl (C=O) groups excluding carboxylic acids is 1. The van der Waals surface area contributed by atoms with E-state index >= 15 is 0 Å². The highest BCUT2D eigenvalue weighted by Crippen LogP contribution is 2.32. The van der Waals surface area contributed by atoms with Crippen LogP contribution in [0.1, 0.15) is 23.0 Å². The summed E-state index contributed by atoms with van der Waals surface area (Å²) in [5, 5.41) is 5.38. The number of ether oxygens (including phenoxy) is 1. The van der Waals surface area contributed by atoms with Crippen LogP contribution in [0.25, 0.3) is 10.6 Å². The maximum atomic E-state index is 12.3. The van der Waals surface area contributed by atoms with Crippen LogP contribution in [0.15, 0.2) is 54.2 Å². The van der Waals surface area contributed by atoms with E-state index in [-0.39, 0.29) is 5.91 Å². The van der Waals surface area contributed by atoms with Crippen LogP contribution in [-0.2, 0) is 6.54 Å². The minimum Gasteiger partial charge on any atom is -0.493 e. The van der Waals surface area contributed by atoms with Gasteiger partial charge in [-0.25, -0.2) is 4.98 Å². The molecule has 6 heteroatoms. The smallest absolute Gasteiger partial charge is 0.271 e. The van der Waals surface area contributed by atoms with Crippen molar-refractivity contribution in [3.8, 4) is 16.3 Å². The minimum atomic E-state index is -0.199. The number of carbonyl (C=O) groups is 1. The van der Waals surface area contributed by atoms with Crippen molar-refractivity contribution in [3.05, 3.63) is 65.4 Å². The number of amides is 1. The van der Waals surface area contributed by atoms with Gasteiger partial charge >= 0.3 is 0 Å². The number of aromatic nitrogens is 2. The predicted molar refractivity (Wildman–Crippen MR) is 94.1 cm³/mol. The van der Waals surface area contributed by atoms with Crippen molar-refractivity contribution in [1.82, 2.24) is 15.3 Å². The second-order valence-electron chi connectivity index (χ2n) is 5.01. The summed E-state index contributed by atoms with van der Waals surface area (Å²) in [6, 6.07) is 11.5. The van der Waals surface area contributed by atoms with E-state index in [9.17, 15) is 4.79 Å². The molecule has 3 aromatic rings. The molecule has 1 aromatic carbocycles. The van der Waals surface area contributed by atoms with Crippen molar-refractivity contribution in [3.63, 3.8) is 0 Å². The highest BCUT2D eigenvalue weighted by molar-refractivity contribution is 7.13. The lowest BCUT2D eigenvalue weighted by atomic mass is 10.2. The van der Waals surface area contributed by atoms with E-state index in [2.05, 4.69) is 15.3 Å². The quantitative estimate of drug-likeness (QED) is 0.746. The zero-order valence-corrected chi connectivity index (χ0v) is 14.0. The monoisotopic (exact) mass is 339 g/mol. The Balaban J connectivity index is 1.72. The number of pyridine rings is 1. The zero-order chi connectivity index (χ0) is 16.8. The molecule has 0 atom stereocenters. The van der Waals surface area contributed by atoms with Gasteiger partial charge in [0.2, 0.25) is 0 Å². The van der Waals surface area contributed by atoms with E-state index < -0.39 is 0 Å². The lowest BCUT2D eigenvalue weighted by Crippen LogP contribution is -2.23. The fourth-order valence-corrected chi connectivity index (χ4v) is 3.03. The normalized spacial score (nSPS) is 10.4. The highest BCUT2D eigenvalue weighted by atomic mass is 32.1. The molecule has 0 unspecified atom stereocenters. The summed E-state index contributed by atoms with van der Waals surface area (Å²) >= 11 is 1.43. The number of hydrogen-bond donors (Lipinski definition) is 1. The number of hydrogen-bond acceptors (Lipinski definition) is 5. The second-order valence-corrected chi connectivity index (χ2v) is 5.87. The molecule has 0 aliphatic carbocycles. The van der Waals surface area contributed by atoms with Gasteiger partial charge in [-0.15, -0.1) is 11.3 Å². The van der Waals surface area contributed by atoms with Crippen LogP contribution in [0.5, 0.6) is 5.75 Å². The Morgan fingerprint density at radius 1 is 1.25 bits per heavy atom. The van der Waals surface area contributed by atoms with Crippen LogP contribution in [0, 0.1) is 0 Å². The average molecular weight is 339 g/mol. The third-order valence-electron chi connectivity index (χ3n) is 3.33. The summed E-state index contributed by atoms with van der Waals surface area (Å²) in [5.74, 6) is 0.576. The summed E-state index contributed by atoms with van der Waals surface area (Å²) in [4.78, 5) is 20.7. The van der Waals surface area contributed by atoms with Crippen molar-refractivity contribution >= 4 is 17.2 Å². The molecule has 0 fully saturated rings. The molecule has 3 rings (SSSR count). The van der Waals surface area contributed by atoms with Gasteiger partial charge in [-0.2, -0.15) is 0 Å².